The third kappa shape index (κ3) is 5.90. The Balaban J connectivity index is 2.46. The van der Waals surface area contributed by atoms with E-state index in [1.165, 1.54) is 0 Å². The minimum atomic E-state index is -0.842. The van der Waals surface area contributed by atoms with Crippen molar-refractivity contribution in [3.05, 3.63) is 0 Å². The zero-order valence-corrected chi connectivity index (χ0v) is 13.0. The van der Waals surface area contributed by atoms with Crippen LogP contribution in [0, 0.1) is 17.3 Å². The van der Waals surface area contributed by atoms with Gasteiger partial charge in [0.25, 0.3) is 0 Å². The van der Waals surface area contributed by atoms with Gasteiger partial charge < -0.3 is 15.7 Å². The SMILES string of the molecule is CC1CCNC(C(=O)NCC(CC(C)(C)C)C(=O)O)C1. The number of carboxylic acid groups (broad SMARTS) is 1. The second kappa shape index (κ2) is 7.07. The summed E-state index contributed by atoms with van der Waals surface area (Å²) in [6.45, 7) is 9.22. The van der Waals surface area contributed by atoms with Gasteiger partial charge in [-0.1, -0.05) is 27.7 Å². The Morgan fingerprint density at radius 2 is 2.05 bits per heavy atom. The van der Waals surface area contributed by atoms with Gasteiger partial charge in [0.05, 0.1) is 12.0 Å². The van der Waals surface area contributed by atoms with Gasteiger partial charge in [-0.15, -0.1) is 0 Å². The van der Waals surface area contributed by atoms with Crippen LogP contribution in [0.1, 0.15) is 47.0 Å². The molecule has 0 aromatic rings. The number of nitrogens with one attached hydrogen (secondary N) is 2. The largest absolute Gasteiger partial charge is 0.481 e. The smallest absolute Gasteiger partial charge is 0.308 e. The van der Waals surface area contributed by atoms with Gasteiger partial charge in [0.1, 0.15) is 0 Å². The summed E-state index contributed by atoms with van der Waals surface area (Å²) in [4.78, 5) is 23.3. The normalized spacial score (nSPS) is 25.0. The van der Waals surface area contributed by atoms with Gasteiger partial charge in [-0.05, 0) is 37.1 Å². The molecule has 3 unspecified atom stereocenters. The molecular weight excluding hydrogens is 256 g/mol. The lowest BCUT2D eigenvalue weighted by atomic mass is 9.84. The fourth-order valence-electron chi connectivity index (χ4n) is 2.64. The molecule has 0 radical (unpaired) electrons. The predicted molar refractivity (Wildman–Crippen MR) is 78.4 cm³/mol. The average Bonchev–Trinajstić information content (AvgIpc) is 2.32. The van der Waals surface area contributed by atoms with Crippen LogP contribution in [0.2, 0.25) is 0 Å². The highest BCUT2D eigenvalue weighted by molar-refractivity contribution is 5.82. The van der Waals surface area contributed by atoms with E-state index in [4.69, 9.17) is 0 Å². The monoisotopic (exact) mass is 284 g/mol. The van der Waals surface area contributed by atoms with Gasteiger partial charge in [0.2, 0.25) is 5.91 Å². The van der Waals surface area contributed by atoms with Gasteiger partial charge in [-0.3, -0.25) is 9.59 Å². The number of carbonyl (C=O) groups is 2. The molecule has 0 saturated carbocycles. The highest BCUT2D eigenvalue weighted by Gasteiger charge is 2.28. The minimum Gasteiger partial charge on any atom is -0.481 e. The Hall–Kier alpha value is -1.10. The molecule has 0 spiro atoms. The van der Waals surface area contributed by atoms with Crippen LogP contribution in [0.4, 0.5) is 0 Å². The molecule has 20 heavy (non-hydrogen) atoms. The van der Waals surface area contributed by atoms with Crippen LogP contribution in [-0.4, -0.2) is 36.1 Å². The Kier molecular flexibility index (Phi) is 5.99. The first-order chi connectivity index (χ1) is 9.19. The van der Waals surface area contributed by atoms with Gasteiger partial charge >= 0.3 is 5.97 Å². The lowest BCUT2D eigenvalue weighted by molar-refractivity contribution is -0.142. The average molecular weight is 284 g/mol. The number of carboxylic acids is 1. The number of rotatable bonds is 5. The van der Waals surface area contributed by atoms with Crippen molar-refractivity contribution >= 4 is 11.9 Å². The van der Waals surface area contributed by atoms with Crippen LogP contribution >= 0.6 is 0 Å². The molecule has 1 aliphatic rings. The lowest BCUT2D eigenvalue weighted by Crippen LogP contribution is -2.49. The molecule has 1 fully saturated rings. The quantitative estimate of drug-likeness (QED) is 0.717. The van der Waals surface area contributed by atoms with Crippen molar-refractivity contribution in [3.63, 3.8) is 0 Å². The highest BCUT2D eigenvalue weighted by atomic mass is 16.4. The van der Waals surface area contributed by atoms with E-state index in [1.807, 2.05) is 20.8 Å². The molecule has 5 nitrogen and oxygen atoms in total. The number of amides is 1. The predicted octanol–water partition coefficient (Wildman–Crippen LogP) is 1.63. The molecule has 0 bridgehead atoms. The van der Waals surface area contributed by atoms with Gasteiger partial charge in [0, 0.05) is 6.54 Å². The molecule has 5 heteroatoms. The van der Waals surface area contributed by atoms with Crippen molar-refractivity contribution in [1.29, 1.82) is 0 Å². The Morgan fingerprint density at radius 1 is 1.40 bits per heavy atom. The summed E-state index contributed by atoms with van der Waals surface area (Å²) in [6, 6.07) is -0.178. The lowest BCUT2D eigenvalue weighted by Gasteiger charge is -2.28. The summed E-state index contributed by atoms with van der Waals surface area (Å²) in [7, 11) is 0. The Morgan fingerprint density at radius 3 is 2.55 bits per heavy atom. The Labute approximate surface area is 121 Å². The summed E-state index contributed by atoms with van der Waals surface area (Å²) in [5.41, 5.74) is -0.0641. The number of carbonyl (C=O) groups excluding carboxylic acids is 1. The van der Waals surface area contributed by atoms with Crippen LogP contribution in [-0.2, 0) is 9.59 Å². The van der Waals surface area contributed by atoms with E-state index in [-0.39, 0.29) is 23.9 Å². The number of piperidine rings is 1. The second-order valence-corrected chi connectivity index (χ2v) is 7.18. The summed E-state index contributed by atoms with van der Waals surface area (Å²) >= 11 is 0. The van der Waals surface area contributed by atoms with E-state index in [2.05, 4.69) is 17.6 Å². The molecule has 0 aromatic heterocycles. The van der Waals surface area contributed by atoms with Crippen molar-refractivity contribution in [2.45, 2.75) is 53.0 Å². The van der Waals surface area contributed by atoms with Crippen LogP contribution in [0.15, 0.2) is 0 Å². The molecule has 3 N–H and O–H groups in total. The zero-order valence-electron chi connectivity index (χ0n) is 13.0. The zero-order chi connectivity index (χ0) is 15.3. The standard InChI is InChI=1S/C15H28N2O3/c1-10-5-6-16-12(7-10)13(18)17-9-11(14(19)20)8-15(2,3)4/h10-12,16H,5-9H2,1-4H3,(H,17,18)(H,19,20). The molecular formula is C15H28N2O3. The fourth-order valence-corrected chi connectivity index (χ4v) is 2.64. The van der Waals surface area contributed by atoms with Gasteiger partial charge in [-0.2, -0.15) is 0 Å². The van der Waals surface area contributed by atoms with Crippen molar-refractivity contribution in [1.82, 2.24) is 10.6 Å². The van der Waals surface area contributed by atoms with E-state index in [0.29, 0.717) is 12.3 Å². The summed E-state index contributed by atoms with van der Waals surface area (Å²) in [6.07, 6.45) is 2.46. The molecule has 1 amide bonds. The second-order valence-electron chi connectivity index (χ2n) is 7.18. The van der Waals surface area contributed by atoms with E-state index in [1.54, 1.807) is 0 Å². The fraction of sp³-hybridized carbons (Fsp3) is 0.867. The van der Waals surface area contributed by atoms with E-state index in [0.717, 1.165) is 19.4 Å². The van der Waals surface area contributed by atoms with Gasteiger partial charge in [0.15, 0.2) is 0 Å². The summed E-state index contributed by atoms with van der Waals surface area (Å²) < 4.78 is 0. The molecule has 1 rings (SSSR count). The van der Waals surface area contributed by atoms with Gasteiger partial charge in [-0.25, -0.2) is 0 Å². The minimum absolute atomic E-state index is 0.0641. The molecule has 1 saturated heterocycles. The van der Waals surface area contributed by atoms with Crippen LogP contribution < -0.4 is 10.6 Å². The molecule has 1 heterocycles. The van der Waals surface area contributed by atoms with Crippen LogP contribution in [0.25, 0.3) is 0 Å². The van der Waals surface area contributed by atoms with E-state index < -0.39 is 11.9 Å². The molecule has 3 atom stereocenters. The maximum Gasteiger partial charge on any atom is 0.308 e. The Bertz CT molecular complexity index is 350. The third-order valence-corrected chi connectivity index (χ3v) is 3.71. The van der Waals surface area contributed by atoms with E-state index >= 15 is 0 Å². The maximum absolute atomic E-state index is 12.1. The van der Waals surface area contributed by atoms with Crippen LogP contribution in [0.5, 0.6) is 0 Å². The highest BCUT2D eigenvalue weighted by Crippen LogP contribution is 2.24. The van der Waals surface area contributed by atoms with Crippen molar-refractivity contribution in [3.8, 4) is 0 Å². The first-order valence-electron chi connectivity index (χ1n) is 7.43. The first kappa shape index (κ1) is 17.0. The maximum atomic E-state index is 12.1. The first-order valence-corrected chi connectivity index (χ1v) is 7.43. The van der Waals surface area contributed by atoms with Crippen LogP contribution in [0.3, 0.4) is 0 Å². The molecule has 1 aliphatic heterocycles. The summed E-state index contributed by atoms with van der Waals surface area (Å²) in [5.74, 6) is -0.904. The van der Waals surface area contributed by atoms with E-state index in [9.17, 15) is 14.7 Å². The number of hydrogen-bond donors (Lipinski definition) is 3. The topological polar surface area (TPSA) is 78.4 Å². The molecule has 0 aliphatic carbocycles. The van der Waals surface area contributed by atoms with Crippen molar-refractivity contribution < 1.29 is 14.7 Å². The summed E-state index contributed by atoms with van der Waals surface area (Å²) in [5, 5.41) is 15.2. The number of aliphatic carboxylic acids is 1. The van der Waals surface area contributed by atoms with Crippen molar-refractivity contribution in [2.75, 3.05) is 13.1 Å². The van der Waals surface area contributed by atoms with Crippen molar-refractivity contribution in [2.24, 2.45) is 17.3 Å². The molecule has 116 valence electrons. The third-order valence-electron chi connectivity index (χ3n) is 3.71. The number of hydrogen-bond acceptors (Lipinski definition) is 3. The molecule has 0 aromatic carbocycles.